The first kappa shape index (κ1) is 21.3. The summed E-state index contributed by atoms with van der Waals surface area (Å²) in [6.45, 7) is 0. The maximum Gasteiger partial charge on any atom is 0.251 e. The Labute approximate surface area is 184 Å². The van der Waals surface area contributed by atoms with Crippen LogP contribution in [-0.2, 0) is 16.0 Å². The van der Waals surface area contributed by atoms with E-state index in [1.807, 2.05) is 17.5 Å². The standard InChI is InChI=1S/C24H25FN2O3S/c25-17-10-12-19(13-11-17)27(22(28)16-20-8-5-15-31-20)23(21-9-4-14-30-21)24(29)26-18-6-2-1-3-7-18/h4-5,8-15,18,23H,1-3,6-7,16H2,(H,26,29). The average molecular weight is 441 g/mol. The molecule has 5 nitrogen and oxygen atoms in total. The van der Waals surface area contributed by atoms with E-state index in [1.165, 1.54) is 53.2 Å². The van der Waals surface area contributed by atoms with E-state index < -0.39 is 11.9 Å². The Morgan fingerprint density at radius 2 is 1.87 bits per heavy atom. The second-order valence-electron chi connectivity index (χ2n) is 7.76. The van der Waals surface area contributed by atoms with Crippen LogP contribution in [0, 0.1) is 5.82 Å². The van der Waals surface area contributed by atoms with Crippen molar-refractivity contribution >= 4 is 28.8 Å². The third-order valence-electron chi connectivity index (χ3n) is 5.55. The zero-order chi connectivity index (χ0) is 21.6. The zero-order valence-corrected chi connectivity index (χ0v) is 17.9. The number of furan rings is 1. The molecule has 1 aliphatic carbocycles. The molecule has 1 N–H and O–H groups in total. The van der Waals surface area contributed by atoms with E-state index in [0.29, 0.717) is 11.4 Å². The van der Waals surface area contributed by atoms with Gasteiger partial charge in [0, 0.05) is 16.6 Å². The number of rotatable bonds is 7. The van der Waals surface area contributed by atoms with Gasteiger partial charge in [-0.05, 0) is 60.7 Å². The average Bonchev–Trinajstić information content (AvgIpc) is 3.48. The SMILES string of the molecule is O=C(NC1CCCCC1)C(c1ccco1)N(C(=O)Cc1cccs1)c1ccc(F)cc1. The first-order chi connectivity index (χ1) is 15.1. The molecular formula is C24H25FN2O3S. The molecule has 4 rings (SSSR count). The number of carbonyl (C=O) groups is 2. The smallest absolute Gasteiger partial charge is 0.251 e. The first-order valence-electron chi connectivity index (χ1n) is 10.6. The van der Waals surface area contributed by atoms with Gasteiger partial charge in [0.15, 0.2) is 6.04 Å². The van der Waals surface area contributed by atoms with Gasteiger partial charge in [-0.15, -0.1) is 11.3 Å². The van der Waals surface area contributed by atoms with Crippen LogP contribution in [0.3, 0.4) is 0 Å². The third-order valence-corrected chi connectivity index (χ3v) is 6.43. The number of nitrogens with zero attached hydrogens (tertiary/aromatic N) is 1. The molecule has 0 spiro atoms. The van der Waals surface area contributed by atoms with Crippen molar-refractivity contribution in [2.75, 3.05) is 4.90 Å². The van der Waals surface area contributed by atoms with E-state index in [-0.39, 0.29) is 24.3 Å². The lowest BCUT2D eigenvalue weighted by atomic mass is 9.95. The highest BCUT2D eigenvalue weighted by Gasteiger charge is 2.36. The summed E-state index contributed by atoms with van der Waals surface area (Å²) in [5.74, 6) is -0.576. The normalized spacial score (nSPS) is 15.4. The van der Waals surface area contributed by atoms with Crippen LogP contribution in [-0.4, -0.2) is 17.9 Å². The molecule has 2 aromatic heterocycles. The first-order valence-corrected chi connectivity index (χ1v) is 11.4. The monoisotopic (exact) mass is 440 g/mol. The van der Waals surface area contributed by atoms with Gasteiger partial charge in [0.05, 0.1) is 12.7 Å². The van der Waals surface area contributed by atoms with Crippen molar-refractivity contribution in [3.05, 3.63) is 76.6 Å². The molecule has 1 unspecified atom stereocenters. The van der Waals surface area contributed by atoms with Crippen LogP contribution in [0.5, 0.6) is 0 Å². The van der Waals surface area contributed by atoms with Crippen LogP contribution in [0.15, 0.2) is 64.6 Å². The molecule has 7 heteroatoms. The Balaban J connectivity index is 1.69. The Bertz CT molecular complexity index is 981. The van der Waals surface area contributed by atoms with E-state index in [0.717, 1.165) is 30.6 Å². The van der Waals surface area contributed by atoms with E-state index >= 15 is 0 Å². The number of hydrogen-bond acceptors (Lipinski definition) is 4. The van der Waals surface area contributed by atoms with Crippen molar-refractivity contribution in [3.63, 3.8) is 0 Å². The zero-order valence-electron chi connectivity index (χ0n) is 17.1. The fourth-order valence-electron chi connectivity index (χ4n) is 4.03. The fraction of sp³-hybridized carbons (Fsp3) is 0.333. The molecule has 0 saturated heterocycles. The summed E-state index contributed by atoms with van der Waals surface area (Å²) in [6, 6.07) is 11.9. The summed E-state index contributed by atoms with van der Waals surface area (Å²) in [5.41, 5.74) is 0.447. The number of amides is 2. The van der Waals surface area contributed by atoms with Gasteiger partial charge >= 0.3 is 0 Å². The molecule has 162 valence electrons. The number of thiophene rings is 1. The van der Waals surface area contributed by atoms with E-state index in [9.17, 15) is 14.0 Å². The Hall–Kier alpha value is -2.93. The van der Waals surface area contributed by atoms with Crippen molar-refractivity contribution in [2.45, 2.75) is 50.6 Å². The quantitative estimate of drug-likeness (QED) is 0.546. The summed E-state index contributed by atoms with van der Waals surface area (Å²) in [6.07, 6.45) is 6.82. The lowest BCUT2D eigenvalue weighted by Crippen LogP contribution is -2.47. The summed E-state index contributed by atoms with van der Waals surface area (Å²) in [4.78, 5) is 29.2. The number of nitrogens with one attached hydrogen (secondary N) is 1. The van der Waals surface area contributed by atoms with Gasteiger partial charge in [-0.3, -0.25) is 14.5 Å². The minimum absolute atomic E-state index is 0.0844. The minimum atomic E-state index is -0.977. The van der Waals surface area contributed by atoms with Gasteiger partial charge in [-0.2, -0.15) is 0 Å². The van der Waals surface area contributed by atoms with Gasteiger partial charge in [0.2, 0.25) is 5.91 Å². The van der Waals surface area contributed by atoms with Crippen molar-refractivity contribution in [2.24, 2.45) is 0 Å². The topological polar surface area (TPSA) is 62.6 Å². The van der Waals surface area contributed by atoms with E-state index in [1.54, 1.807) is 12.1 Å². The highest BCUT2D eigenvalue weighted by molar-refractivity contribution is 7.10. The number of halogens is 1. The molecule has 1 aliphatic rings. The molecule has 0 radical (unpaired) electrons. The molecular weight excluding hydrogens is 415 g/mol. The maximum atomic E-state index is 13.6. The molecule has 1 fully saturated rings. The van der Waals surface area contributed by atoms with Crippen LogP contribution in [0.25, 0.3) is 0 Å². The molecule has 2 heterocycles. The number of anilines is 1. The Kier molecular flexibility index (Phi) is 6.82. The second kappa shape index (κ2) is 9.92. The van der Waals surface area contributed by atoms with Crippen molar-refractivity contribution in [3.8, 4) is 0 Å². The molecule has 0 bridgehead atoms. The molecule has 1 atom stereocenters. The summed E-state index contributed by atoms with van der Waals surface area (Å²) in [7, 11) is 0. The lowest BCUT2D eigenvalue weighted by molar-refractivity contribution is -0.127. The largest absolute Gasteiger partial charge is 0.467 e. The van der Waals surface area contributed by atoms with Gasteiger partial charge in [-0.25, -0.2) is 4.39 Å². The predicted molar refractivity (Wildman–Crippen MR) is 118 cm³/mol. The van der Waals surface area contributed by atoms with Gasteiger partial charge in [-0.1, -0.05) is 25.3 Å². The molecule has 31 heavy (non-hydrogen) atoms. The fourth-order valence-corrected chi connectivity index (χ4v) is 4.73. The Morgan fingerprint density at radius 3 is 2.52 bits per heavy atom. The highest BCUT2D eigenvalue weighted by atomic mass is 32.1. The molecule has 2 amide bonds. The highest BCUT2D eigenvalue weighted by Crippen LogP contribution is 2.30. The van der Waals surface area contributed by atoms with Gasteiger partial charge in [0.1, 0.15) is 11.6 Å². The van der Waals surface area contributed by atoms with Crippen LogP contribution in [0.1, 0.15) is 48.8 Å². The van der Waals surface area contributed by atoms with Crippen LogP contribution in [0.4, 0.5) is 10.1 Å². The third kappa shape index (κ3) is 5.22. The second-order valence-corrected chi connectivity index (χ2v) is 8.79. The molecule has 0 aliphatic heterocycles. The number of benzene rings is 1. The molecule has 1 saturated carbocycles. The van der Waals surface area contributed by atoms with Crippen LogP contribution < -0.4 is 10.2 Å². The van der Waals surface area contributed by atoms with E-state index in [4.69, 9.17) is 4.42 Å². The maximum absolute atomic E-state index is 13.6. The Morgan fingerprint density at radius 1 is 1.10 bits per heavy atom. The van der Waals surface area contributed by atoms with Crippen LogP contribution in [0.2, 0.25) is 0 Å². The number of carbonyl (C=O) groups excluding carboxylic acids is 2. The van der Waals surface area contributed by atoms with Crippen molar-refractivity contribution in [1.82, 2.24) is 5.32 Å². The summed E-state index contributed by atoms with van der Waals surface area (Å²) < 4.78 is 19.2. The van der Waals surface area contributed by atoms with Gasteiger partial charge in [0.25, 0.3) is 5.91 Å². The van der Waals surface area contributed by atoms with Crippen molar-refractivity contribution < 1.29 is 18.4 Å². The summed E-state index contributed by atoms with van der Waals surface area (Å²) in [5, 5.41) is 5.03. The van der Waals surface area contributed by atoms with Crippen LogP contribution >= 0.6 is 11.3 Å². The summed E-state index contributed by atoms with van der Waals surface area (Å²) >= 11 is 1.48. The molecule has 3 aromatic rings. The van der Waals surface area contributed by atoms with Crippen molar-refractivity contribution in [1.29, 1.82) is 0 Å². The predicted octanol–water partition coefficient (Wildman–Crippen LogP) is 5.25. The molecule has 1 aromatic carbocycles. The minimum Gasteiger partial charge on any atom is -0.467 e. The lowest BCUT2D eigenvalue weighted by Gasteiger charge is -2.32. The van der Waals surface area contributed by atoms with E-state index in [2.05, 4.69) is 5.32 Å². The number of hydrogen-bond donors (Lipinski definition) is 1. The van der Waals surface area contributed by atoms with Gasteiger partial charge < -0.3 is 9.73 Å².